The van der Waals surface area contributed by atoms with Crippen LogP contribution in [0, 0.1) is 5.41 Å². The number of ether oxygens (including phenoxy) is 1. The smallest absolute Gasteiger partial charge is 0.333 e. The summed E-state index contributed by atoms with van der Waals surface area (Å²) in [4.78, 5) is 11.0. The van der Waals surface area contributed by atoms with Crippen molar-refractivity contribution in [3.63, 3.8) is 0 Å². The maximum atomic E-state index is 11.0. The van der Waals surface area contributed by atoms with E-state index in [-0.39, 0.29) is 11.4 Å². The van der Waals surface area contributed by atoms with E-state index < -0.39 is 6.10 Å². The van der Waals surface area contributed by atoms with E-state index in [1.807, 2.05) is 20.8 Å². The number of hydrogen-bond acceptors (Lipinski definition) is 3. The highest BCUT2D eigenvalue weighted by Crippen LogP contribution is 2.22. The SMILES string of the molecule is COC(=O)/C(C)=C/CC(O)C(C)(C)C. The summed E-state index contributed by atoms with van der Waals surface area (Å²) in [6.45, 7) is 7.55. The second-order valence-electron chi connectivity index (χ2n) is 4.50. The van der Waals surface area contributed by atoms with Gasteiger partial charge in [0.15, 0.2) is 0 Å². The second kappa shape index (κ2) is 5.15. The molecule has 0 amide bonds. The fourth-order valence-electron chi connectivity index (χ4n) is 0.886. The van der Waals surface area contributed by atoms with Crippen LogP contribution in [0.2, 0.25) is 0 Å². The molecule has 0 aromatic rings. The first kappa shape index (κ1) is 13.2. The van der Waals surface area contributed by atoms with Gasteiger partial charge < -0.3 is 9.84 Å². The van der Waals surface area contributed by atoms with Gasteiger partial charge in [-0.1, -0.05) is 26.8 Å². The summed E-state index contributed by atoms with van der Waals surface area (Å²) in [6, 6.07) is 0. The first-order chi connectivity index (χ1) is 6.29. The van der Waals surface area contributed by atoms with Crippen LogP contribution < -0.4 is 0 Å². The number of rotatable bonds is 3. The van der Waals surface area contributed by atoms with Gasteiger partial charge in [-0.2, -0.15) is 0 Å². The van der Waals surface area contributed by atoms with Crippen LogP contribution in [0.25, 0.3) is 0 Å². The predicted molar refractivity (Wildman–Crippen MR) is 55.9 cm³/mol. The zero-order chi connectivity index (χ0) is 11.4. The molecule has 0 saturated heterocycles. The van der Waals surface area contributed by atoms with Crippen molar-refractivity contribution in [3.05, 3.63) is 11.6 Å². The first-order valence-corrected chi connectivity index (χ1v) is 4.72. The Balaban J connectivity index is 4.23. The maximum absolute atomic E-state index is 11.0. The van der Waals surface area contributed by atoms with Crippen LogP contribution >= 0.6 is 0 Å². The first-order valence-electron chi connectivity index (χ1n) is 4.72. The Labute approximate surface area is 85.8 Å². The van der Waals surface area contributed by atoms with Crippen molar-refractivity contribution >= 4 is 5.97 Å². The summed E-state index contributed by atoms with van der Waals surface area (Å²) in [5.74, 6) is -0.342. The summed E-state index contributed by atoms with van der Waals surface area (Å²) >= 11 is 0. The van der Waals surface area contributed by atoms with Crippen LogP contribution in [0.5, 0.6) is 0 Å². The van der Waals surface area contributed by atoms with Crippen LogP contribution in [-0.2, 0) is 9.53 Å². The van der Waals surface area contributed by atoms with Gasteiger partial charge in [0.2, 0.25) is 0 Å². The molecule has 3 nitrogen and oxygen atoms in total. The summed E-state index contributed by atoms with van der Waals surface area (Å²) < 4.78 is 4.54. The molecular formula is C11H20O3. The average molecular weight is 200 g/mol. The summed E-state index contributed by atoms with van der Waals surface area (Å²) in [7, 11) is 1.35. The maximum Gasteiger partial charge on any atom is 0.333 e. The highest BCUT2D eigenvalue weighted by Gasteiger charge is 2.20. The Morgan fingerprint density at radius 2 is 2.00 bits per heavy atom. The summed E-state index contributed by atoms with van der Waals surface area (Å²) in [5.41, 5.74) is 0.378. The summed E-state index contributed by atoms with van der Waals surface area (Å²) in [6.07, 6.45) is 1.74. The molecule has 1 N–H and O–H groups in total. The normalized spacial score (nSPS) is 15.1. The predicted octanol–water partition coefficient (Wildman–Crippen LogP) is 1.90. The highest BCUT2D eigenvalue weighted by molar-refractivity contribution is 5.87. The van der Waals surface area contributed by atoms with E-state index in [9.17, 15) is 9.90 Å². The molecule has 0 aromatic heterocycles. The Bertz CT molecular complexity index is 223. The van der Waals surface area contributed by atoms with Gasteiger partial charge in [0, 0.05) is 5.57 Å². The van der Waals surface area contributed by atoms with Crippen molar-refractivity contribution in [2.24, 2.45) is 5.41 Å². The lowest BCUT2D eigenvalue weighted by Gasteiger charge is -2.24. The third kappa shape index (κ3) is 4.42. The van der Waals surface area contributed by atoms with Crippen molar-refractivity contribution in [2.75, 3.05) is 7.11 Å². The quantitative estimate of drug-likeness (QED) is 0.559. The van der Waals surface area contributed by atoms with E-state index in [1.54, 1.807) is 13.0 Å². The molecule has 0 fully saturated rings. The van der Waals surface area contributed by atoms with Crippen LogP contribution in [0.3, 0.4) is 0 Å². The summed E-state index contributed by atoms with van der Waals surface area (Å²) in [5, 5.41) is 9.69. The van der Waals surface area contributed by atoms with Gasteiger partial charge in [0.25, 0.3) is 0 Å². The highest BCUT2D eigenvalue weighted by atomic mass is 16.5. The number of carbonyl (C=O) groups is 1. The van der Waals surface area contributed by atoms with E-state index in [2.05, 4.69) is 4.74 Å². The molecule has 14 heavy (non-hydrogen) atoms. The monoisotopic (exact) mass is 200 g/mol. The number of carbonyl (C=O) groups excluding carboxylic acids is 1. The number of hydrogen-bond donors (Lipinski definition) is 1. The number of aliphatic hydroxyl groups excluding tert-OH is 1. The Hall–Kier alpha value is -0.830. The van der Waals surface area contributed by atoms with E-state index in [0.717, 1.165) is 0 Å². The fraction of sp³-hybridized carbons (Fsp3) is 0.727. The van der Waals surface area contributed by atoms with Gasteiger partial charge in [0.05, 0.1) is 13.2 Å². The van der Waals surface area contributed by atoms with Crippen molar-refractivity contribution in [2.45, 2.75) is 40.2 Å². The fourth-order valence-corrected chi connectivity index (χ4v) is 0.886. The van der Waals surface area contributed by atoms with E-state index in [1.165, 1.54) is 7.11 Å². The van der Waals surface area contributed by atoms with Crippen molar-refractivity contribution < 1.29 is 14.6 Å². The molecule has 0 aliphatic heterocycles. The number of methoxy groups -OCH3 is 1. The average Bonchev–Trinajstić information content (AvgIpc) is 2.10. The molecule has 0 bridgehead atoms. The van der Waals surface area contributed by atoms with Crippen LogP contribution in [-0.4, -0.2) is 24.3 Å². The number of aliphatic hydroxyl groups is 1. The molecule has 0 aromatic carbocycles. The molecule has 1 atom stereocenters. The Morgan fingerprint density at radius 3 is 2.36 bits per heavy atom. The number of esters is 1. The van der Waals surface area contributed by atoms with E-state index in [0.29, 0.717) is 12.0 Å². The topological polar surface area (TPSA) is 46.5 Å². The molecule has 0 spiro atoms. The molecular weight excluding hydrogens is 180 g/mol. The molecule has 0 aliphatic rings. The van der Waals surface area contributed by atoms with Crippen LogP contribution in [0.15, 0.2) is 11.6 Å². The minimum absolute atomic E-state index is 0.160. The minimum atomic E-state index is -0.442. The molecule has 0 rings (SSSR count). The molecule has 82 valence electrons. The Morgan fingerprint density at radius 1 is 1.50 bits per heavy atom. The molecule has 0 radical (unpaired) electrons. The third-order valence-corrected chi connectivity index (χ3v) is 2.15. The largest absolute Gasteiger partial charge is 0.466 e. The zero-order valence-electron chi connectivity index (χ0n) is 9.63. The van der Waals surface area contributed by atoms with Gasteiger partial charge in [-0.3, -0.25) is 0 Å². The lowest BCUT2D eigenvalue weighted by atomic mass is 9.87. The molecule has 0 aliphatic carbocycles. The zero-order valence-corrected chi connectivity index (χ0v) is 9.63. The standard InChI is InChI=1S/C11H20O3/c1-8(10(13)14-5)6-7-9(12)11(2,3)4/h6,9,12H,7H2,1-5H3/b8-6+. The second-order valence-corrected chi connectivity index (χ2v) is 4.50. The lowest BCUT2D eigenvalue weighted by molar-refractivity contribution is -0.136. The van der Waals surface area contributed by atoms with E-state index in [4.69, 9.17) is 0 Å². The van der Waals surface area contributed by atoms with Crippen molar-refractivity contribution in [3.8, 4) is 0 Å². The van der Waals surface area contributed by atoms with Gasteiger partial charge in [-0.15, -0.1) is 0 Å². The van der Waals surface area contributed by atoms with Gasteiger partial charge in [0.1, 0.15) is 0 Å². The van der Waals surface area contributed by atoms with E-state index >= 15 is 0 Å². The van der Waals surface area contributed by atoms with Gasteiger partial charge >= 0.3 is 5.97 Å². The van der Waals surface area contributed by atoms with Crippen molar-refractivity contribution in [1.29, 1.82) is 0 Å². The lowest BCUT2D eigenvalue weighted by Crippen LogP contribution is -2.25. The van der Waals surface area contributed by atoms with Crippen LogP contribution in [0.1, 0.15) is 34.1 Å². The Kier molecular flexibility index (Phi) is 4.85. The van der Waals surface area contributed by atoms with Gasteiger partial charge in [-0.05, 0) is 18.8 Å². The third-order valence-electron chi connectivity index (χ3n) is 2.15. The van der Waals surface area contributed by atoms with Gasteiger partial charge in [-0.25, -0.2) is 4.79 Å². The molecule has 0 saturated carbocycles. The molecule has 1 unspecified atom stereocenters. The molecule has 3 heteroatoms. The van der Waals surface area contributed by atoms with Crippen molar-refractivity contribution in [1.82, 2.24) is 0 Å². The minimum Gasteiger partial charge on any atom is -0.466 e. The van der Waals surface area contributed by atoms with Crippen LogP contribution in [0.4, 0.5) is 0 Å². The molecule has 0 heterocycles.